The van der Waals surface area contributed by atoms with Crippen molar-refractivity contribution in [2.45, 2.75) is 19.3 Å². The van der Waals surface area contributed by atoms with Crippen molar-refractivity contribution < 1.29 is 37.7 Å². The molecule has 0 saturated heterocycles. The molecular weight excluding hydrogens is 527 g/mol. The highest BCUT2D eigenvalue weighted by Gasteiger charge is 2.07. The summed E-state index contributed by atoms with van der Waals surface area (Å²) in [5, 5.41) is 0. The molecule has 3 rings (SSSR count). The zero-order chi connectivity index (χ0) is 29.5. The number of benzene rings is 3. The van der Waals surface area contributed by atoms with Crippen LogP contribution in [0.2, 0.25) is 0 Å². The number of unbranched alkanes of at least 4 members (excludes halogenated alkanes) is 1. The Bertz CT molecular complexity index is 1380. The molecule has 0 atom stereocenters. The van der Waals surface area contributed by atoms with Gasteiger partial charge in [0, 0.05) is 30.2 Å². The molecule has 7 nitrogen and oxygen atoms in total. The van der Waals surface area contributed by atoms with Crippen molar-refractivity contribution in [3.05, 3.63) is 115 Å². The molecule has 0 spiro atoms. The lowest BCUT2D eigenvalue weighted by molar-refractivity contribution is -0.138. The van der Waals surface area contributed by atoms with Crippen LogP contribution in [0.5, 0.6) is 11.5 Å². The molecule has 0 N–H and O–H groups in total. The van der Waals surface area contributed by atoms with Gasteiger partial charge in [0.05, 0.1) is 19.8 Å². The van der Waals surface area contributed by atoms with Gasteiger partial charge in [0.2, 0.25) is 0 Å². The minimum atomic E-state index is -0.601. The van der Waals surface area contributed by atoms with Crippen molar-refractivity contribution in [3.63, 3.8) is 0 Å². The Kier molecular flexibility index (Phi) is 12.1. The van der Waals surface area contributed by atoms with Gasteiger partial charge in [-0.05, 0) is 65.9 Å². The lowest BCUT2D eigenvalue weighted by Gasteiger charge is -2.09. The molecule has 0 radical (unpaired) electrons. The molecule has 0 aliphatic heterocycles. The highest BCUT2D eigenvalue weighted by Crippen LogP contribution is 2.26. The molecule has 0 aliphatic carbocycles. The summed E-state index contributed by atoms with van der Waals surface area (Å²) in [6.45, 7) is 7.68. The lowest BCUT2D eigenvalue weighted by atomic mass is 10.0. The third-order valence-corrected chi connectivity index (χ3v) is 5.73. The topological polar surface area (TPSA) is 88.1 Å². The third kappa shape index (κ3) is 10.6. The van der Waals surface area contributed by atoms with Crippen LogP contribution in [0.15, 0.2) is 98.1 Å². The Hall–Kier alpha value is -4.98. The van der Waals surface area contributed by atoms with Gasteiger partial charge in [0.15, 0.2) is 0 Å². The molecule has 0 aliphatic rings. The van der Waals surface area contributed by atoms with Crippen LogP contribution in [0.3, 0.4) is 0 Å². The van der Waals surface area contributed by atoms with E-state index < -0.39 is 23.7 Å². The summed E-state index contributed by atoms with van der Waals surface area (Å²) >= 11 is 0. The SMILES string of the molecule is C=CC(=O)OCCCCOc1ccc(-c2ccc(/C=C/C(=O)Oc3ccc(CCOC(=O)C=C)cc3)cc2F)cc1. The van der Waals surface area contributed by atoms with Crippen LogP contribution in [-0.2, 0) is 30.3 Å². The van der Waals surface area contributed by atoms with Gasteiger partial charge in [-0.15, -0.1) is 0 Å². The normalized spacial score (nSPS) is 10.6. The fourth-order valence-corrected chi connectivity index (χ4v) is 3.59. The summed E-state index contributed by atoms with van der Waals surface area (Å²) in [6, 6.07) is 18.6. The summed E-state index contributed by atoms with van der Waals surface area (Å²) in [7, 11) is 0. The third-order valence-electron chi connectivity index (χ3n) is 5.73. The highest BCUT2D eigenvalue weighted by molar-refractivity contribution is 5.88. The molecule has 0 aromatic heterocycles. The molecule has 0 amide bonds. The van der Waals surface area contributed by atoms with E-state index in [1.165, 1.54) is 18.2 Å². The average molecular weight is 559 g/mol. The van der Waals surface area contributed by atoms with E-state index in [-0.39, 0.29) is 6.61 Å². The predicted molar refractivity (Wildman–Crippen MR) is 154 cm³/mol. The number of halogens is 1. The lowest BCUT2D eigenvalue weighted by Crippen LogP contribution is -2.05. The first-order valence-electron chi connectivity index (χ1n) is 13.0. The van der Waals surface area contributed by atoms with Gasteiger partial charge >= 0.3 is 17.9 Å². The van der Waals surface area contributed by atoms with Crippen LogP contribution in [0, 0.1) is 5.82 Å². The second-order valence-corrected chi connectivity index (χ2v) is 8.71. The first kappa shape index (κ1) is 30.6. The number of ether oxygens (including phenoxy) is 4. The number of carbonyl (C=O) groups excluding carboxylic acids is 3. The average Bonchev–Trinajstić information content (AvgIpc) is 2.99. The van der Waals surface area contributed by atoms with Gasteiger partial charge in [-0.2, -0.15) is 0 Å². The van der Waals surface area contributed by atoms with Gasteiger partial charge < -0.3 is 18.9 Å². The van der Waals surface area contributed by atoms with Crippen LogP contribution < -0.4 is 9.47 Å². The van der Waals surface area contributed by atoms with Crippen LogP contribution in [0.25, 0.3) is 17.2 Å². The summed E-state index contributed by atoms with van der Waals surface area (Å²) < 4.78 is 35.7. The monoisotopic (exact) mass is 558 g/mol. The summed E-state index contributed by atoms with van der Waals surface area (Å²) in [6.07, 6.45) is 6.85. The maximum Gasteiger partial charge on any atom is 0.336 e. The molecule has 3 aromatic carbocycles. The molecule has 8 heteroatoms. The number of carbonyl (C=O) groups is 3. The van der Waals surface area contributed by atoms with E-state index >= 15 is 0 Å². The van der Waals surface area contributed by atoms with Crippen LogP contribution in [-0.4, -0.2) is 37.7 Å². The summed E-state index contributed by atoms with van der Waals surface area (Å²) in [4.78, 5) is 34.3. The fraction of sp³-hybridized carbons (Fsp3) is 0.182. The molecule has 0 heterocycles. The van der Waals surface area contributed by atoms with E-state index in [9.17, 15) is 18.8 Å². The van der Waals surface area contributed by atoms with Gasteiger partial charge in [0.25, 0.3) is 0 Å². The fourth-order valence-electron chi connectivity index (χ4n) is 3.59. The smallest absolute Gasteiger partial charge is 0.336 e. The summed E-state index contributed by atoms with van der Waals surface area (Å²) in [5.74, 6) is -0.948. The largest absolute Gasteiger partial charge is 0.494 e. The Morgan fingerprint density at radius 3 is 2.02 bits per heavy atom. The molecular formula is C33H31FO7. The van der Waals surface area contributed by atoms with E-state index in [0.29, 0.717) is 60.7 Å². The zero-order valence-electron chi connectivity index (χ0n) is 22.6. The highest BCUT2D eigenvalue weighted by atomic mass is 19.1. The zero-order valence-corrected chi connectivity index (χ0v) is 22.6. The first-order valence-corrected chi connectivity index (χ1v) is 13.0. The maximum absolute atomic E-state index is 14.8. The Labute approximate surface area is 238 Å². The minimum Gasteiger partial charge on any atom is -0.494 e. The quantitative estimate of drug-likeness (QED) is 0.0940. The number of hydrogen-bond donors (Lipinski definition) is 0. The molecule has 0 saturated carbocycles. The molecule has 0 fully saturated rings. The van der Waals surface area contributed by atoms with Crippen molar-refractivity contribution in [2.75, 3.05) is 19.8 Å². The van der Waals surface area contributed by atoms with Crippen molar-refractivity contribution >= 4 is 24.0 Å². The number of hydrogen-bond acceptors (Lipinski definition) is 7. The van der Waals surface area contributed by atoms with Crippen molar-refractivity contribution in [2.24, 2.45) is 0 Å². The predicted octanol–water partition coefficient (Wildman–Crippen LogP) is 6.27. The van der Waals surface area contributed by atoms with E-state index in [1.54, 1.807) is 60.7 Å². The van der Waals surface area contributed by atoms with Gasteiger partial charge in [-0.1, -0.05) is 49.6 Å². The van der Waals surface area contributed by atoms with E-state index in [2.05, 4.69) is 13.2 Å². The van der Waals surface area contributed by atoms with Crippen LogP contribution in [0.1, 0.15) is 24.0 Å². The maximum atomic E-state index is 14.8. The number of rotatable bonds is 15. The summed E-state index contributed by atoms with van der Waals surface area (Å²) in [5.41, 5.74) is 2.52. The van der Waals surface area contributed by atoms with Gasteiger partial charge in [-0.3, -0.25) is 0 Å². The molecule has 0 bridgehead atoms. The van der Waals surface area contributed by atoms with E-state index in [1.807, 2.05) is 0 Å². The van der Waals surface area contributed by atoms with Crippen molar-refractivity contribution in [3.8, 4) is 22.6 Å². The van der Waals surface area contributed by atoms with Crippen molar-refractivity contribution in [1.29, 1.82) is 0 Å². The van der Waals surface area contributed by atoms with Crippen molar-refractivity contribution in [1.82, 2.24) is 0 Å². The van der Waals surface area contributed by atoms with E-state index in [0.717, 1.165) is 17.7 Å². The van der Waals surface area contributed by atoms with Gasteiger partial charge in [-0.25, -0.2) is 18.8 Å². The van der Waals surface area contributed by atoms with Gasteiger partial charge in [0.1, 0.15) is 17.3 Å². The molecule has 212 valence electrons. The Morgan fingerprint density at radius 1 is 0.732 bits per heavy atom. The second kappa shape index (κ2) is 16.2. The molecule has 0 unspecified atom stereocenters. The Morgan fingerprint density at radius 2 is 1.37 bits per heavy atom. The minimum absolute atomic E-state index is 0.223. The van der Waals surface area contributed by atoms with E-state index in [4.69, 9.17) is 18.9 Å². The Balaban J connectivity index is 1.46. The molecule has 3 aromatic rings. The van der Waals surface area contributed by atoms with Crippen LogP contribution >= 0.6 is 0 Å². The standard InChI is InChI=1S/C33H31FO7/c1-3-31(35)39-21-6-5-20-38-27-15-11-26(12-16-27)29-17-9-25(23-30(29)34)10-18-33(37)41-28-13-7-24(8-14-28)19-22-40-32(36)4-2/h3-4,7-18,23H,1-2,5-6,19-22H2/b18-10+. The van der Waals surface area contributed by atoms with Crippen LogP contribution in [0.4, 0.5) is 4.39 Å². The first-order chi connectivity index (χ1) is 19.9. The molecule has 41 heavy (non-hydrogen) atoms. The second-order valence-electron chi connectivity index (χ2n) is 8.71. The number of esters is 3.